The zero-order chi connectivity index (χ0) is 47.2. The summed E-state index contributed by atoms with van der Waals surface area (Å²) in [6.45, 7) is 6.65. The van der Waals surface area contributed by atoms with Gasteiger partial charge in [0, 0.05) is 19.3 Å². The molecule has 0 radical (unpaired) electrons. The first-order chi connectivity index (χ1) is 32.0. The van der Waals surface area contributed by atoms with E-state index in [1.807, 2.05) is 0 Å². The zero-order valence-corrected chi connectivity index (χ0v) is 44.0. The molecule has 0 saturated heterocycles. The van der Waals surface area contributed by atoms with Crippen molar-refractivity contribution in [3.8, 4) is 0 Å². The lowest BCUT2D eigenvalue weighted by Crippen LogP contribution is -2.30. The Bertz CT molecular complexity index is 1010. The largest absolute Gasteiger partial charge is 0.462 e. The maximum absolute atomic E-state index is 12.8. The first-order valence-electron chi connectivity index (χ1n) is 29.2. The van der Waals surface area contributed by atoms with E-state index in [4.69, 9.17) is 14.2 Å². The van der Waals surface area contributed by atoms with Gasteiger partial charge in [-0.3, -0.25) is 14.4 Å². The summed E-state index contributed by atoms with van der Waals surface area (Å²) in [5, 5.41) is 0. The molecule has 6 heteroatoms. The van der Waals surface area contributed by atoms with E-state index in [1.165, 1.54) is 231 Å². The minimum Gasteiger partial charge on any atom is -0.462 e. The van der Waals surface area contributed by atoms with Gasteiger partial charge in [-0.05, 0) is 44.9 Å². The average Bonchev–Trinajstić information content (AvgIpc) is 3.30. The molecule has 6 nitrogen and oxygen atoms in total. The van der Waals surface area contributed by atoms with Crippen molar-refractivity contribution in [3.63, 3.8) is 0 Å². The Balaban J connectivity index is 4.13. The number of ether oxygens (including phenoxy) is 3. The topological polar surface area (TPSA) is 78.9 Å². The van der Waals surface area contributed by atoms with Crippen LogP contribution in [0.25, 0.3) is 0 Å². The molecular weight excluding hydrogens is 805 g/mol. The van der Waals surface area contributed by atoms with Gasteiger partial charge >= 0.3 is 17.9 Å². The molecule has 0 aliphatic rings. The Morgan fingerprint density at radius 1 is 0.292 bits per heavy atom. The SMILES string of the molecule is CCCCCCCC/C=C\CCCCCCCCCCCC(=O)OC(COC(=O)CCCCCCCCC)COC(=O)CCCCCCCCCCCCCCCCCCCCCCC. The highest BCUT2D eigenvalue weighted by Crippen LogP contribution is 2.17. The third kappa shape index (κ3) is 53.0. The minimum absolute atomic E-state index is 0.0655. The number of esters is 3. The van der Waals surface area contributed by atoms with Gasteiger partial charge in [0.2, 0.25) is 0 Å². The molecule has 0 rings (SSSR count). The van der Waals surface area contributed by atoms with E-state index >= 15 is 0 Å². The van der Waals surface area contributed by atoms with Crippen molar-refractivity contribution in [2.24, 2.45) is 0 Å². The summed E-state index contributed by atoms with van der Waals surface area (Å²) in [7, 11) is 0. The molecule has 0 aromatic heterocycles. The minimum atomic E-state index is -0.764. The molecule has 0 N–H and O–H groups in total. The molecule has 0 fully saturated rings. The van der Waals surface area contributed by atoms with Crippen molar-refractivity contribution in [3.05, 3.63) is 12.2 Å². The van der Waals surface area contributed by atoms with E-state index in [0.717, 1.165) is 57.8 Å². The van der Waals surface area contributed by atoms with Crippen molar-refractivity contribution in [2.45, 2.75) is 335 Å². The van der Waals surface area contributed by atoms with Crippen LogP contribution in [0.15, 0.2) is 12.2 Å². The van der Waals surface area contributed by atoms with E-state index in [0.29, 0.717) is 19.3 Å². The Labute approximate surface area is 405 Å². The van der Waals surface area contributed by atoms with Crippen LogP contribution in [0.2, 0.25) is 0 Å². The zero-order valence-electron chi connectivity index (χ0n) is 44.0. The van der Waals surface area contributed by atoms with Gasteiger partial charge in [0.25, 0.3) is 0 Å². The Hall–Kier alpha value is -1.85. The first kappa shape index (κ1) is 63.1. The van der Waals surface area contributed by atoms with Crippen molar-refractivity contribution in [2.75, 3.05) is 13.2 Å². The molecule has 384 valence electrons. The van der Waals surface area contributed by atoms with Crippen LogP contribution in [0, 0.1) is 0 Å². The average molecular weight is 918 g/mol. The van der Waals surface area contributed by atoms with Crippen LogP contribution in [0.5, 0.6) is 0 Å². The summed E-state index contributed by atoms with van der Waals surface area (Å²) in [5.74, 6) is -0.852. The first-order valence-corrected chi connectivity index (χ1v) is 29.2. The number of unbranched alkanes of at least 4 members (excludes halogenated alkanes) is 41. The Kier molecular flexibility index (Phi) is 53.2. The molecule has 0 aromatic carbocycles. The summed E-state index contributed by atoms with van der Waals surface area (Å²) in [5.41, 5.74) is 0. The number of allylic oxidation sites excluding steroid dienone is 2. The van der Waals surface area contributed by atoms with Gasteiger partial charge < -0.3 is 14.2 Å². The maximum atomic E-state index is 12.8. The van der Waals surface area contributed by atoms with Gasteiger partial charge in [-0.25, -0.2) is 0 Å². The second-order valence-corrected chi connectivity index (χ2v) is 19.9. The van der Waals surface area contributed by atoms with Crippen molar-refractivity contribution >= 4 is 17.9 Å². The van der Waals surface area contributed by atoms with Gasteiger partial charge in [-0.15, -0.1) is 0 Å². The molecule has 0 spiro atoms. The van der Waals surface area contributed by atoms with Crippen LogP contribution in [0.1, 0.15) is 329 Å². The van der Waals surface area contributed by atoms with Crippen molar-refractivity contribution < 1.29 is 28.6 Å². The van der Waals surface area contributed by atoms with Crippen LogP contribution in [-0.4, -0.2) is 37.2 Å². The molecule has 0 amide bonds. The fourth-order valence-corrected chi connectivity index (χ4v) is 8.85. The summed E-state index contributed by atoms with van der Waals surface area (Å²) in [6.07, 6.45) is 62.3. The second-order valence-electron chi connectivity index (χ2n) is 19.9. The lowest BCUT2D eigenvalue weighted by Gasteiger charge is -2.18. The molecule has 0 aromatic rings. The van der Waals surface area contributed by atoms with E-state index < -0.39 is 6.10 Å². The molecule has 0 aliphatic heterocycles. The third-order valence-corrected chi connectivity index (χ3v) is 13.3. The monoisotopic (exact) mass is 917 g/mol. The number of rotatable bonds is 54. The molecule has 0 saturated carbocycles. The van der Waals surface area contributed by atoms with E-state index in [9.17, 15) is 14.4 Å². The lowest BCUT2D eigenvalue weighted by atomic mass is 10.0. The van der Waals surface area contributed by atoms with Crippen LogP contribution >= 0.6 is 0 Å². The van der Waals surface area contributed by atoms with Crippen LogP contribution in [-0.2, 0) is 28.6 Å². The van der Waals surface area contributed by atoms with Gasteiger partial charge in [-0.2, -0.15) is 0 Å². The second kappa shape index (κ2) is 54.8. The smallest absolute Gasteiger partial charge is 0.306 e. The highest BCUT2D eigenvalue weighted by atomic mass is 16.6. The molecule has 0 bridgehead atoms. The fourth-order valence-electron chi connectivity index (χ4n) is 8.85. The number of hydrogen-bond donors (Lipinski definition) is 0. The van der Waals surface area contributed by atoms with E-state index in [2.05, 4.69) is 32.9 Å². The molecule has 0 aliphatic carbocycles. The van der Waals surface area contributed by atoms with Crippen molar-refractivity contribution in [1.29, 1.82) is 0 Å². The van der Waals surface area contributed by atoms with Crippen LogP contribution < -0.4 is 0 Å². The highest BCUT2D eigenvalue weighted by molar-refractivity contribution is 5.71. The van der Waals surface area contributed by atoms with E-state index in [-0.39, 0.29) is 31.1 Å². The normalized spacial score (nSPS) is 12.0. The lowest BCUT2D eigenvalue weighted by molar-refractivity contribution is -0.167. The molecule has 65 heavy (non-hydrogen) atoms. The summed E-state index contributed by atoms with van der Waals surface area (Å²) in [6, 6.07) is 0. The van der Waals surface area contributed by atoms with Crippen molar-refractivity contribution in [1.82, 2.24) is 0 Å². The molecule has 1 unspecified atom stereocenters. The summed E-state index contributed by atoms with van der Waals surface area (Å²) in [4.78, 5) is 37.9. The summed E-state index contributed by atoms with van der Waals surface area (Å²) >= 11 is 0. The predicted octanol–water partition coefficient (Wildman–Crippen LogP) is 19.3. The number of carbonyl (C=O) groups is 3. The maximum Gasteiger partial charge on any atom is 0.306 e. The fraction of sp³-hybridized carbons (Fsp3) is 0.915. The summed E-state index contributed by atoms with van der Waals surface area (Å²) < 4.78 is 16.8. The van der Waals surface area contributed by atoms with Gasteiger partial charge in [0.05, 0.1) is 0 Å². The van der Waals surface area contributed by atoms with Crippen LogP contribution in [0.3, 0.4) is 0 Å². The van der Waals surface area contributed by atoms with Crippen LogP contribution in [0.4, 0.5) is 0 Å². The number of hydrogen-bond acceptors (Lipinski definition) is 6. The Morgan fingerprint density at radius 3 is 0.769 bits per heavy atom. The van der Waals surface area contributed by atoms with E-state index in [1.54, 1.807) is 0 Å². The van der Waals surface area contributed by atoms with Gasteiger partial charge in [0.15, 0.2) is 6.10 Å². The predicted molar refractivity (Wildman–Crippen MR) is 280 cm³/mol. The quantitative estimate of drug-likeness (QED) is 0.0262. The van der Waals surface area contributed by atoms with Gasteiger partial charge in [0.1, 0.15) is 13.2 Å². The Morgan fingerprint density at radius 2 is 0.508 bits per heavy atom. The molecule has 0 heterocycles. The number of carbonyl (C=O) groups excluding carboxylic acids is 3. The van der Waals surface area contributed by atoms with Gasteiger partial charge in [-0.1, -0.05) is 277 Å². The third-order valence-electron chi connectivity index (χ3n) is 13.3. The standard InChI is InChI=1S/C59H112O6/c1-4-7-10-13-16-18-20-22-24-26-28-29-31-32-34-36-38-40-43-46-49-52-58(61)64-55-56(54-63-57(60)51-48-45-42-15-12-9-6-3)65-59(62)53-50-47-44-41-39-37-35-33-30-27-25-23-21-19-17-14-11-8-5-2/h23,25,56H,4-22,24,26-55H2,1-3H3/b25-23-. The molecule has 1 atom stereocenters. The molecular formula is C59H112O6. The highest BCUT2D eigenvalue weighted by Gasteiger charge is 2.19.